The van der Waals surface area contributed by atoms with E-state index in [1.165, 1.54) is 19.3 Å². The van der Waals surface area contributed by atoms with Crippen LogP contribution in [0.15, 0.2) is 18.2 Å². The normalized spacial score (nSPS) is 26.6. The van der Waals surface area contributed by atoms with Gasteiger partial charge in [0.1, 0.15) is 11.5 Å². The average molecular weight is 291 g/mol. The SMILES string of the molecule is COc1ccc(C(O)CN2CC3CCCC3C2)c(OC)c1. The van der Waals surface area contributed by atoms with Crippen molar-refractivity contribution in [3.8, 4) is 11.5 Å². The van der Waals surface area contributed by atoms with Crippen LogP contribution < -0.4 is 9.47 Å². The number of hydrogen-bond acceptors (Lipinski definition) is 4. The molecule has 2 fully saturated rings. The summed E-state index contributed by atoms with van der Waals surface area (Å²) >= 11 is 0. The van der Waals surface area contributed by atoms with Crippen LogP contribution in [0.25, 0.3) is 0 Å². The Kier molecular flexibility index (Phi) is 4.36. The number of methoxy groups -OCH3 is 2. The number of nitrogens with zero attached hydrogens (tertiary/aromatic N) is 1. The summed E-state index contributed by atoms with van der Waals surface area (Å²) in [7, 11) is 3.26. The van der Waals surface area contributed by atoms with Gasteiger partial charge in [0, 0.05) is 31.3 Å². The summed E-state index contributed by atoms with van der Waals surface area (Å²) in [4.78, 5) is 2.41. The average Bonchev–Trinajstić information content (AvgIpc) is 3.07. The Bertz CT molecular complexity index is 479. The first kappa shape index (κ1) is 14.7. The van der Waals surface area contributed by atoms with Crippen molar-refractivity contribution in [3.63, 3.8) is 0 Å². The summed E-state index contributed by atoms with van der Waals surface area (Å²) in [5.74, 6) is 3.16. The Labute approximate surface area is 126 Å². The van der Waals surface area contributed by atoms with Crippen molar-refractivity contribution in [1.82, 2.24) is 4.90 Å². The highest BCUT2D eigenvalue weighted by molar-refractivity contribution is 5.42. The third-order valence-electron chi connectivity index (χ3n) is 5.03. The molecule has 3 unspecified atom stereocenters. The molecule has 0 bridgehead atoms. The molecule has 1 saturated heterocycles. The van der Waals surface area contributed by atoms with Crippen LogP contribution in [0.5, 0.6) is 11.5 Å². The maximum atomic E-state index is 10.6. The van der Waals surface area contributed by atoms with Gasteiger partial charge in [0.15, 0.2) is 0 Å². The predicted molar refractivity (Wildman–Crippen MR) is 81.8 cm³/mol. The molecule has 21 heavy (non-hydrogen) atoms. The fraction of sp³-hybridized carbons (Fsp3) is 0.647. The van der Waals surface area contributed by atoms with Crippen LogP contribution in [0.2, 0.25) is 0 Å². The van der Waals surface area contributed by atoms with Gasteiger partial charge >= 0.3 is 0 Å². The lowest BCUT2D eigenvalue weighted by Gasteiger charge is -2.22. The lowest BCUT2D eigenvalue weighted by molar-refractivity contribution is 0.119. The Morgan fingerprint density at radius 2 is 1.90 bits per heavy atom. The zero-order chi connectivity index (χ0) is 14.8. The number of likely N-dealkylation sites (tertiary alicyclic amines) is 1. The maximum Gasteiger partial charge on any atom is 0.128 e. The zero-order valence-corrected chi connectivity index (χ0v) is 12.9. The van der Waals surface area contributed by atoms with Crippen molar-refractivity contribution in [2.75, 3.05) is 33.9 Å². The minimum atomic E-state index is -0.510. The van der Waals surface area contributed by atoms with E-state index in [1.54, 1.807) is 14.2 Å². The topological polar surface area (TPSA) is 41.9 Å². The van der Waals surface area contributed by atoms with E-state index in [4.69, 9.17) is 9.47 Å². The molecule has 2 aliphatic rings. The third-order valence-corrected chi connectivity index (χ3v) is 5.03. The zero-order valence-electron chi connectivity index (χ0n) is 12.9. The fourth-order valence-corrected chi connectivity index (χ4v) is 3.92. The van der Waals surface area contributed by atoms with E-state index < -0.39 is 6.10 Å². The Morgan fingerprint density at radius 1 is 1.19 bits per heavy atom. The summed E-state index contributed by atoms with van der Waals surface area (Å²) in [5.41, 5.74) is 0.843. The molecular weight excluding hydrogens is 266 g/mol. The molecule has 3 atom stereocenters. The number of rotatable bonds is 5. The summed E-state index contributed by atoms with van der Waals surface area (Å²) in [6.45, 7) is 2.97. The quantitative estimate of drug-likeness (QED) is 0.905. The Hall–Kier alpha value is -1.26. The number of aliphatic hydroxyl groups is 1. The van der Waals surface area contributed by atoms with E-state index in [-0.39, 0.29) is 0 Å². The second-order valence-corrected chi connectivity index (χ2v) is 6.29. The molecule has 0 radical (unpaired) electrons. The van der Waals surface area contributed by atoms with Crippen molar-refractivity contribution >= 4 is 0 Å². The molecule has 1 saturated carbocycles. The standard InChI is InChI=1S/C17H25NO3/c1-20-14-6-7-15(17(8-14)21-2)16(19)11-18-9-12-4-3-5-13(12)10-18/h6-8,12-13,16,19H,3-5,9-11H2,1-2H3. The van der Waals surface area contributed by atoms with Gasteiger partial charge < -0.3 is 14.6 Å². The van der Waals surface area contributed by atoms with Crippen molar-refractivity contribution in [2.45, 2.75) is 25.4 Å². The minimum absolute atomic E-state index is 0.510. The molecular formula is C17H25NO3. The second-order valence-electron chi connectivity index (χ2n) is 6.29. The van der Waals surface area contributed by atoms with Gasteiger partial charge in [-0.25, -0.2) is 0 Å². The van der Waals surface area contributed by atoms with E-state index in [9.17, 15) is 5.11 Å². The predicted octanol–water partition coefficient (Wildman–Crippen LogP) is 2.47. The first-order chi connectivity index (χ1) is 10.2. The largest absolute Gasteiger partial charge is 0.497 e. The molecule has 3 rings (SSSR count). The summed E-state index contributed by atoms with van der Waals surface area (Å²) < 4.78 is 10.6. The van der Waals surface area contributed by atoms with Crippen molar-refractivity contribution in [1.29, 1.82) is 0 Å². The molecule has 1 aliphatic heterocycles. The fourth-order valence-electron chi connectivity index (χ4n) is 3.92. The molecule has 0 aromatic heterocycles. The molecule has 4 nitrogen and oxygen atoms in total. The van der Waals surface area contributed by atoms with Gasteiger partial charge in [-0.2, -0.15) is 0 Å². The number of benzene rings is 1. The lowest BCUT2D eigenvalue weighted by Crippen LogP contribution is -2.27. The molecule has 1 aromatic carbocycles. The monoisotopic (exact) mass is 291 g/mol. The maximum absolute atomic E-state index is 10.6. The van der Waals surface area contributed by atoms with Crippen molar-refractivity contribution < 1.29 is 14.6 Å². The molecule has 1 heterocycles. The van der Waals surface area contributed by atoms with Gasteiger partial charge in [-0.05, 0) is 36.8 Å². The van der Waals surface area contributed by atoms with Gasteiger partial charge in [-0.1, -0.05) is 6.42 Å². The Balaban J connectivity index is 1.66. The highest BCUT2D eigenvalue weighted by Crippen LogP contribution is 2.38. The number of β-amino-alcohol motifs (C(OH)–C–C–N with tert-alkyl or cyclic N) is 1. The first-order valence-corrected chi connectivity index (χ1v) is 7.83. The second kappa shape index (κ2) is 6.24. The van der Waals surface area contributed by atoms with Crippen LogP contribution in [0.1, 0.15) is 30.9 Å². The van der Waals surface area contributed by atoms with Crippen LogP contribution in [-0.2, 0) is 0 Å². The van der Waals surface area contributed by atoms with Gasteiger partial charge in [-0.15, -0.1) is 0 Å². The summed E-state index contributed by atoms with van der Waals surface area (Å²) in [5, 5.41) is 10.6. The minimum Gasteiger partial charge on any atom is -0.497 e. The number of aliphatic hydroxyl groups excluding tert-OH is 1. The highest BCUT2D eigenvalue weighted by Gasteiger charge is 2.36. The first-order valence-electron chi connectivity index (χ1n) is 7.83. The van der Waals surface area contributed by atoms with E-state index >= 15 is 0 Å². The molecule has 1 aromatic rings. The van der Waals surface area contributed by atoms with E-state index in [0.29, 0.717) is 12.3 Å². The van der Waals surface area contributed by atoms with Crippen LogP contribution in [-0.4, -0.2) is 43.9 Å². The van der Waals surface area contributed by atoms with Gasteiger partial charge in [-0.3, -0.25) is 4.90 Å². The number of fused-ring (bicyclic) bond motifs is 1. The van der Waals surface area contributed by atoms with Crippen molar-refractivity contribution in [3.05, 3.63) is 23.8 Å². The van der Waals surface area contributed by atoms with Crippen LogP contribution in [0.4, 0.5) is 0 Å². The lowest BCUT2D eigenvalue weighted by atomic mass is 10.0. The van der Waals surface area contributed by atoms with Gasteiger partial charge in [0.25, 0.3) is 0 Å². The van der Waals surface area contributed by atoms with Crippen LogP contribution in [0.3, 0.4) is 0 Å². The van der Waals surface area contributed by atoms with Crippen LogP contribution >= 0.6 is 0 Å². The smallest absolute Gasteiger partial charge is 0.128 e. The Morgan fingerprint density at radius 3 is 2.52 bits per heavy atom. The van der Waals surface area contributed by atoms with Gasteiger partial charge in [0.2, 0.25) is 0 Å². The molecule has 1 N–H and O–H groups in total. The van der Waals surface area contributed by atoms with Gasteiger partial charge in [0.05, 0.1) is 20.3 Å². The number of hydrogen-bond donors (Lipinski definition) is 1. The van der Waals surface area contributed by atoms with E-state index in [0.717, 1.165) is 36.2 Å². The van der Waals surface area contributed by atoms with E-state index in [1.807, 2.05) is 18.2 Å². The van der Waals surface area contributed by atoms with Crippen molar-refractivity contribution in [2.24, 2.45) is 11.8 Å². The highest BCUT2D eigenvalue weighted by atomic mass is 16.5. The molecule has 1 aliphatic carbocycles. The number of ether oxygens (including phenoxy) is 2. The molecule has 0 amide bonds. The third kappa shape index (κ3) is 3.01. The summed E-state index contributed by atoms with van der Waals surface area (Å²) in [6, 6.07) is 5.61. The van der Waals surface area contributed by atoms with E-state index in [2.05, 4.69) is 4.90 Å². The van der Waals surface area contributed by atoms with Crippen LogP contribution in [0, 0.1) is 11.8 Å². The molecule has 4 heteroatoms. The molecule has 116 valence electrons. The molecule has 0 spiro atoms. The summed E-state index contributed by atoms with van der Waals surface area (Å²) in [6.07, 6.45) is 3.61.